The van der Waals surface area contributed by atoms with Crippen molar-refractivity contribution in [3.05, 3.63) is 101 Å². The number of fused-ring (bicyclic) bond motifs is 2. The summed E-state index contributed by atoms with van der Waals surface area (Å²) in [5.74, 6) is -3.31. The van der Waals surface area contributed by atoms with Crippen molar-refractivity contribution in [2.24, 2.45) is 0 Å². The highest BCUT2D eigenvalue weighted by atomic mass is 16.5. The Morgan fingerprint density at radius 3 is 1.95 bits per heavy atom. The lowest BCUT2D eigenvalue weighted by Crippen LogP contribution is -2.30. The van der Waals surface area contributed by atoms with E-state index in [0.29, 0.717) is 11.1 Å². The Morgan fingerprint density at radius 1 is 0.667 bits per heavy atom. The van der Waals surface area contributed by atoms with Gasteiger partial charge in [0.2, 0.25) is 0 Å². The molecule has 0 saturated heterocycles. The van der Waals surface area contributed by atoms with E-state index < -0.39 is 41.2 Å². The molecule has 0 aromatic heterocycles. The van der Waals surface area contributed by atoms with E-state index in [-0.39, 0.29) is 51.9 Å². The second kappa shape index (κ2) is 8.98. The van der Waals surface area contributed by atoms with Crippen molar-refractivity contribution in [2.75, 3.05) is 0 Å². The van der Waals surface area contributed by atoms with Crippen molar-refractivity contribution in [1.82, 2.24) is 0 Å². The predicted molar refractivity (Wildman–Crippen MR) is 137 cm³/mol. The van der Waals surface area contributed by atoms with Gasteiger partial charge in [0.1, 0.15) is 58.0 Å². The molecule has 0 amide bonds. The molecule has 4 aromatic carbocycles. The lowest BCUT2D eigenvalue weighted by molar-refractivity contribution is 0.0764. The third-order valence-corrected chi connectivity index (χ3v) is 7.07. The lowest BCUT2D eigenvalue weighted by Gasteiger charge is -2.35. The van der Waals surface area contributed by atoms with Gasteiger partial charge in [-0.3, -0.25) is 9.59 Å². The Morgan fingerprint density at radius 2 is 1.28 bits per heavy atom. The first-order valence-electron chi connectivity index (χ1n) is 12.1. The lowest BCUT2D eigenvalue weighted by atomic mass is 9.78. The van der Waals surface area contributed by atoms with Crippen LogP contribution >= 0.6 is 0 Å². The van der Waals surface area contributed by atoms with Crippen LogP contribution in [-0.2, 0) is 0 Å². The van der Waals surface area contributed by atoms with Gasteiger partial charge < -0.3 is 35.0 Å². The second-order valence-corrected chi connectivity index (χ2v) is 9.51. The largest absolute Gasteiger partial charge is 0.508 e. The van der Waals surface area contributed by atoms with Crippen molar-refractivity contribution >= 4 is 11.6 Å². The minimum Gasteiger partial charge on any atom is -0.508 e. The van der Waals surface area contributed by atoms with E-state index >= 15 is 0 Å². The fourth-order valence-electron chi connectivity index (χ4n) is 5.18. The van der Waals surface area contributed by atoms with E-state index in [2.05, 4.69) is 0 Å². The van der Waals surface area contributed by atoms with Gasteiger partial charge in [-0.1, -0.05) is 24.3 Å². The number of benzene rings is 4. The standard InChI is InChI=1S/C30H22O9/c31-16-5-1-14(2-6-16)22-12-20(34)25-24(38-22)13-21(35)26(29(25)37)27-28(36)19-10-9-18(33)11-23(19)39-30(27)15-3-7-17(32)8-4-15/h1-11,13,22,27,30-33,35,37H,12H2/t22?,27-,30+/m0/s1. The summed E-state index contributed by atoms with van der Waals surface area (Å²) in [6.07, 6.45) is -1.90. The number of carbonyl (C=O) groups excluding carboxylic acids is 2. The highest BCUT2D eigenvalue weighted by Gasteiger charge is 2.44. The number of phenols is 5. The highest BCUT2D eigenvalue weighted by molar-refractivity contribution is 6.08. The molecule has 0 spiro atoms. The van der Waals surface area contributed by atoms with Crippen LogP contribution in [0, 0.1) is 0 Å². The van der Waals surface area contributed by atoms with E-state index in [9.17, 15) is 35.1 Å². The van der Waals surface area contributed by atoms with E-state index in [1.54, 1.807) is 12.1 Å². The van der Waals surface area contributed by atoms with Gasteiger partial charge in [0.05, 0.1) is 23.5 Å². The van der Waals surface area contributed by atoms with Gasteiger partial charge in [-0.2, -0.15) is 0 Å². The van der Waals surface area contributed by atoms with Gasteiger partial charge in [0, 0.05) is 12.1 Å². The first kappa shape index (κ1) is 24.2. The highest BCUT2D eigenvalue weighted by Crippen LogP contribution is 2.53. The first-order valence-corrected chi connectivity index (χ1v) is 12.1. The van der Waals surface area contributed by atoms with Crippen molar-refractivity contribution in [3.8, 4) is 40.2 Å². The van der Waals surface area contributed by atoms with Crippen LogP contribution in [0.3, 0.4) is 0 Å². The third kappa shape index (κ3) is 4.04. The molecule has 39 heavy (non-hydrogen) atoms. The monoisotopic (exact) mass is 526 g/mol. The maximum atomic E-state index is 13.8. The summed E-state index contributed by atoms with van der Waals surface area (Å²) in [5.41, 5.74) is 0.839. The summed E-state index contributed by atoms with van der Waals surface area (Å²) in [7, 11) is 0. The molecule has 5 N–H and O–H groups in total. The van der Waals surface area contributed by atoms with Crippen LogP contribution in [0.5, 0.6) is 40.2 Å². The summed E-state index contributed by atoms with van der Waals surface area (Å²) >= 11 is 0. The van der Waals surface area contributed by atoms with Crippen LogP contribution < -0.4 is 9.47 Å². The van der Waals surface area contributed by atoms with Crippen LogP contribution in [0.4, 0.5) is 0 Å². The van der Waals surface area contributed by atoms with Gasteiger partial charge in [-0.15, -0.1) is 0 Å². The maximum Gasteiger partial charge on any atom is 0.178 e. The van der Waals surface area contributed by atoms with Gasteiger partial charge in [0.15, 0.2) is 11.6 Å². The van der Waals surface area contributed by atoms with E-state index in [0.717, 1.165) is 0 Å². The second-order valence-electron chi connectivity index (χ2n) is 9.51. The average molecular weight is 526 g/mol. The molecule has 9 heteroatoms. The molecule has 0 aliphatic carbocycles. The molecule has 2 heterocycles. The molecular formula is C30H22O9. The zero-order chi connectivity index (χ0) is 27.4. The predicted octanol–water partition coefficient (Wildman–Crippen LogP) is 5.02. The Balaban J connectivity index is 1.47. The Kier molecular flexibility index (Phi) is 5.57. The molecule has 2 aliphatic rings. The minimum atomic E-state index is -1.28. The Labute approximate surface area is 221 Å². The van der Waals surface area contributed by atoms with E-state index in [4.69, 9.17) is 9.47 Å². The summed E-state index contributed by atoms with van der Waals surface area (Å²) in [6.45, 7) is 0. The average Bonchev–Trinajstić information content (AvgIpc) is 2.90. The number of hydrogen-bond donors (Lipinski definition) is 5. The van der Waals surface area contributed by atoms with Gasteiger partial charge in [0.25, 0.3) is 0 Å². The molecule has 2 aliphatic heterocycles. The Bertz CT molecular complexity index is 1620. The molecular weight excluding hydrogens is 504 g/mol. The zero-order valence-electron chi connectivity index (χ0n) is 20.2. The summed E-state index contributed by atoms with van der Waals surface area (Å²) in [4.78, 5) is 27.1. The zero-order valence-corrected chi connectivity index (χ0v) is 20.2. The van der Waals surface area contributed by atoms with Crippen LogP contribution in [0.15, 0.2) is 72.8 Å². The Hall–Kier alpha value is -5.18. The molecule has 1 unspecified atom stereocenters. The number of ether oxygens (including phenoxy) is 2. The molecule has 3 atom stereocenters. The smallest absolute Gasteiger partial charge is 0.178 e. The molecule has 0 radical (unpaired) electrons. The first-order chi connectivity index (χ1) is 18.7. The fraction of sp³-hybridized carbons (Fsp3) is 0.133. The van der Waals surface area contributed by atoms with E-state index in [1.807, 2.05) is 0 Å². The normalized spacial score (nSPS) is 19.9. The maximum absolute atomic E-state index is 13.8. The topological polar surface area (TPSA) is 154 Å². The minimum absolute atomic E-state index is 0.0131. The van der Waals surface area contributed by atoms with E-state index in [1.165, 1.54) is 60.7 Å². The summed E-state index contributed by atoms with van der Waals surface area (Å²) < 4.78 is 12.1. The number of Topliss-reactive ketones (excluding diaryl/α,β-unsaturated/α-hetero) is 2. The van der Waals surface area contributed by atoms with Crippen molar-refractivity contribution in [1.29, 1.82) is 0 Å². The SMILES string of the molecule is O=C1CC(c2ccc(O)cc2)Oc2cc(O)c([C@H]3C(=O)c4ccc(O)cc4O[C@@H]3c3ccc(O)cc3)c(O)c21. The van der Waals surface area contributed by atoms with Crippen molar-refractivity contribution < 1.29 is 44.6 Å². The van der Waals surface area contributed by atoms with Gasteiger partial charge >= 0.3 is 0 Å². The number of phenolic OH excluding ortho intramolecular Hbond substituents is 5. The summed E-state index contributed by atoms with van der Waals surface area (Å²) in [5, 5.41) is 51.8. The van der Waals surface area contributed by atoms with Gasteiger partial charge in [-0.05, 0) is 47.5 Å². The number of ketones is 2. The van der Waals surface area contributed by atoms with Crippen LogP contribution in [0.25, 0.3) is 0 Å². The molecule has 4 aromatic rings. The molecule has 196 valence electrons. The van der Waals surface area contributed by atoms with Crippen LogP contribution in [0.2, 0.25) is 0 Å². The van der Waals surface area contributed by atoms with Gasteiger partial charge in [-0.25, -0.2) is 0 Å². The number of carbonyl (C=O) groups is 2. The third-order valence-electron chi connectivity index (χ3n) is 7.07. The van der Waals surface area contributed by atoms with Crippen molar-refractivity contribution in [3.63, 3.8) is 0 Å². The quantitative estimate of drug-likeness (QED) is 0.247. The molecule has 0 fully saturated rings. The summed E-state index contributed by atoms with van der Waals surface area (Å²) in [6, 6.07) is 17.3. The molecule has 0 saturated carbocycles. The van der Waals surface area contributed by atoms with Crippen molar-refractivity contribution in [2.45, 2.75) is 24.5 Å². The molecule has 6 rings (SSSR count). The molecule has 0 bridgehead atoms. The number of hydrogen-bond acceptors (Lipinski definition) is 9. The molecule has 9 nitrogen and oxygen atoms in total. The number of rotatable bonds is 3. The van der Waals surface area contributed by atoms with Crippen LogP contribution in [0.1, 0.15) is 62.0 Å². The van der Waals surface area contributed by atoms with Crippen LogP contribution in [-0.4, -0.2) is 37.1 Å². The number of aromatic hydroxyl groups is 5. The fourth-order valence-corrected chi connectivity index (χ4v) is 5.18.